The highest BCUT2D eigenvalue weighted by Crippen LogP contribution is 2.56. The van der Waals surface area contributed by atoms with Gasteiger partial charge in [0.15, 0.2) is 0 Å². The summed E-state index contributed by atoms with van der Waals surface area (Å²) in [6.45, 7) is 0.229. The molecule has 2 atom stereocenters. The van der Waals surface area contributed by atoms with E-state index in [9.17, 15) is 79.4 Å². The third kappa shape index (κ3) is 6.50. The number of alkyl halides is 17. The van der Waals surface area contributed by atoms with E-state index in [1.807, 2.05) is 4.74 Å². The molecule has 35 heavy (non-hydrogen) atoms. The fraction of sp³-hybridized carbons (Fsp3) is 0.929. The van der Waals surface area contributed by atoms with Crippen molar-refractivity contribution in [2.24, 2.45) is 0 Å². The van der Waals surface area contributed by atoms with Gasteiger partial charge in [-0.3, -0.25) is 9.47 Å². The Morgan fingerprint density at radius 2 is 1.06 bits per heavy atom. The van der Waals surface area contributed by atoms with Crippen LogP contribution < -0.4 is 0 Å². The van der Waals surface area contributed by atoms with Gasteiger partial charge in [0.25, 0.3) is 0 Å². The Morgan fingerprint density at radius 1 is 0.600 bits per heavy atom. The maximum atomic E-state index is 14.1. The van der Waals surface area contributed by atoms with Crippen molar-refractivity contribution >= 4 is 5.97 Å². The molecule has 0 aliphatic carbocycles. The normalized spacial score (nSPS) is 18.1. The second-order valence-electron chi connectivity index (χ2n) is 6.34. The molecule has 0 N–H and O–H groups in total. The Morgan fingerprint density at radius 3 is 1.40 bits per heavy atom. The van der Waals surface area contributed by atoms with Gasteiger partial charge in [0.2, 0.25) is 0 Å². The standard InChI is InChI=1S/C14H11F17O4/c1-2-3-4-5-33-6(32)7(15,10(19,20)21)34-14(30,31)9(18,12(25,26)27)35-13(28,29)8(16,17)11(22,23)24/h2-5H2,1H3/t7-,9+/m1/s1. The van der Waals surface area contributed by atoms with Crippen LogP contribution in [0.3, 0.4) is 0 Å². The average molecular weight is 566 g/mol. The lowest BCUT2D eigenvalue weighted by Gasteiger charge is -2.39. The lowest BCUT2D eigenvalue weighted by atomic mass is 10.2. The topological polar surface area (TPSA) is 44.8 Å². The second kappa shape index (κ2) is 9.92. The Bertz CT molecular complexity index is 728. The maximum absolute atomic E-state index is 14.1. The zero-order valence-corrected chi connectivity index (χ0v) is 16.4. The van der Waals surface area contributed by atoms with Crippen molar-refractivity contribution < 1.29 is 93.6 Å². The molecule has 0 aliphatic rings. The summed E-state index contributed by atoms with van der Waals surface area (Å²) in [7, 11) is 0. The molecule has 0 fully saturated rings. The van der Waals surface area contributed by atoms with E-state index in [0.29, 0.717) is 0 Å². The molecule has 0 aromatic heterocycles. The van der Waals surface area contributed by atoms with Gasteiger partial charge in [-0.15, -0.1) is 0 Å². The maximum Gasteiger partial charge on any atom is 0.462 e. The molecule has 0 rings (SSSR count). The summed E-state index contributed by atoms with van der Waals surface area (Å²) in [5.41, 5.74) is 0. The number of ether oxygens (including phenoxy) is 3. The quantitative estimate of drug-likeness (QED) is 0.161. The predicted molar refractivity (Wildman–Crippen MR) is 73.3 cm³/mol. The van der Waals surface area contributed by atoms with E-state index < -0.39 is 67.4 Å². The summed E-state index contributed by atoms with van der Waals surface area (Å²) < 4.78 is 227. The first-order chi connectivity index (χ1) is 15.1. The molecule has 0 spiro atoms. The number of halogens is 17. The zero-order valence-electron chi connectivity index (χ0n) is 16.4. The van der Waals surface area contributed by atoms with Gasteiger partial charge in [-0.2, -0.15) is 74.6 Å². The molecule has 210 valence electrons. The highest BCUT2D eigenvalue weighted by molar-refractivity contribution is 5.78. The molecule has 21 heteroatoms. The first-order valence-corrected chi connectivity index (χ1v) is 8.43. The van der Waals surface area contributed by atoms with Crippen LogP contribution in [0.4, 0.5) is 74.6 Å². The van der Waals surface area contributed by atoms with Crippen molar-refractivity contribution in [2.45, 2.75) is 74.6 Å². The molecular weight excluding hydrogens is 555 g/mol. The Labute approximate surface area is 182 Å². The molecule has 0 saturated carbocycles. The summed E-state index contributed by atoms with van der Waals surface area (Å²) in [6, 6.07) is 0. The van der Waals surface area contributed by atoms with Crippen LogP contribution in [-0.2, 0) is 19.0 Å². The van der Waals surface area contributed by atoms with Crippen molar-refractivity contribution in [1.29, 1.82) is 0 Å². The monoisotopic (exact) mass is 566 g/mol. The molecular formula is C14H11F17O4. The van der Waals surface area contributed by atoms with E-state index in [4.69, 9.17) is 0 Å². The largest absolute Gasteiger partial charge is 0.462 e. The minimum atomic E-state index is -8.04. The van der Waals surface area contributed by atoms with Crippen LogP contribution in [0.15, 0.2) is 0 Å². The molecule has 0 aliphatic heterocycles. The van der Waals surface area contributed by atoms with E-state index in [0.717, 1.165) is 0 Å². The van der Waals surface area contributed by atoms with E-state index in [2.05, 4.69) is 4.74 Å². The van der Waals surface area contributed by atoms with Gasteiger partial charge in [0.1, 0.15) is 0 Å². The van der Waals surface area contributed by atoms with Crippen molar-refractivity contribution in [2.75, 3.05) is 6.61 Å². The predicted octanol–water partition coefficient (Wildman–Crippen LogP) is 6.59. The molecule has 0 radical (unpaired) electrons. The Hall–Kier alpha value is -1.80. The minimum Gasteiger partial charge on any atom is -0.461 e. The minimum absolute atomic E-state index is 0.0353. The Balaban J connectivity index is 6.53. The molecule has 4 nitrogen and oxygen atoms in total. The second-order valence-corrected chi connectivity index (χ2v) is 6.34. The number of carbonyl (C=O) groups is 1. The molecule has 0 heterocycles. The van der Waals surface area contributed by atoms with Crippen LogP contribution in [0.5, 0.6) is 0 Å². The number of esters is 1. The highest BCUT2D eigenvalue weighted by Gasteiger charge is 2.85. The summed E-state index contributed by atoms with van der Waals surface area (Å²) in [6.07, 6.45) is -38.6. The summed E-state index contributed by atoms with van der Waals surface area (Å²) >= 11 is 0. The van der Waals surface area contributed by atoms with Gasteiger partial charge in [0, 0.05) is 0 Å². The molecule has 0 aromatic rings. The third-order valence-corrected chi connectivity index (χ3v) is 3.61. The lowest BCUT2D eigenvalue weighted by molar-refractivity contribution is -0.548. The number of unbranched alkanes of at least 4 members (excludes halogenated alkanes) is 2. The molecule has 0 amide bonds. The van der Waals surface area contributed by atoms with E-state index in [-0.39, 0.29) is 12.8 Å². The van der Waals surface area contributed by atoms with Crippen LogP contribution in [0, 0.1) is 0 Å². The van der Waals surface area contributed by atoms with Crippen LogP contribution in [0.25, 0.3) is 0 Å². The van der Waals surface area contributed by atoms with Gasteiger partial charge in [-0.25, -0.2) is 4.79 Å². The van der Waals surface area contributed by atoms with Crippen LogP contribution in [0.1, 0.15) is 26.2 Å². The number of hydrogen-bond donors (Lipinski definition) is 0. The number of rotatable bonds is 11. The number of hydrogen-bond acceptors (Lipinski definition) is 4. The van der Waals surface area contributed by atoms with Crippen LogP contribution in [-0.4, -0.2) is 61.0 Å². The van der Waals surface area contributed by atoms with Crippen molar-refractivity contribution in [3.8, 4) is 0 Å². The van der Waals surface area contributed by atoms with Crippen LogP contribution in [0.2, 0.25) is 0 Å². The van der Waals surface area contributed by atoms with Crippen molar-refractivity contribution in [3.05, 3.63) is 0 Å². The van der Waals surface area contributed by atoms with E-state index in [1.54, 1.807) is 0 Å². The smallest absolute Gasteiger partial charge is 0.461 e. The summed E-state index contributed by atoms with van der Waals surface area (Å²) in [5, 5.41) is 0. The zero-order chi connectivity index (χ0) is 28.5. The fourth-order valence-corrected chi connectivity index (χ4v) is 1.76. The van der Waals surface area contributed by atoms with Crippen molar-refractivity contribution in [1.82, 2.24) is 0 Å². The van der Waals surface area contributed by atoms with Crippen molar-refractivity contribution in [3.63, 3.8) is 0 Å². The average Bonchev–Trinajstić information content (AvgIpc) is 2.61. The highest BCUT2D eigenvalue weighted by atomic mass is 19.4. The summed E-state index contributed by atoms with van der Waals surface area (Å²) in [4.78, 5) is 11.3. The van der Waals surface area contributed by atoms with Gasteiger partial charge >= 0.3 is 54.3 Å². The fourth-order valence-electron chi connectivity index (χ4n) is 1.76. The van der Waals surface area contributed by atoms with Gasteiger partial charge < -0.3 is 4.74 Å². The first-order valence-electron chi connectivity index (χ1n) is 8.43. The van der Waals surface area contributed by atoms with Crippen LogP contribution >= 0.6 is 0 Å². The number of carbonyl (C=O) groups excluding carboxylic acids is 1. The van der Waals surface area contributed by atoms with E-state index in [1.165, 1.54) is 11.7 Å². The van der Waals surface area contributed by atoms with Gasteiger partial charge in [0.05, 0.1) is 6.61 Å². The molecule has 0 aromatic carbocycles. The van der Waals surface area contributed by atoms with E-state index >= 15 is 0 Å². The van der Waals surface area contributed by atoms with Gasteiger partial charge in [-0.05, 0) is 6.42 Å². The SMILES string of the molecule is CCCCCOC(=O)[C@@](F)(OC(F)(F)[C@@](F)(OC(F)(F)C(F)(F)C(F)(F)F)C(F)(F)F)C(F)(F)F. The molecule has 0 saturated heterocycles. The molecule has 0 bridgehead atoms. The van der Waals surface area contributed by atoms with Gasteiger partial charge in [-0.1, -0.05) is 19.8 Å². The summed E-state index contributed by atoms with van der Waals surface area (Å²) in [5.74, 6) is -26.3. The Kier molecular flexibility index (Phi) is 9.41. The lowest BCUT2D eigenvalue weighted by Crippen LogP contribution is -2.68. The third-order valence-electron chi connectivity index (χ3n) is 3.61. The molecule has 0 unspecified atom stereocenters. The first kappa shape index (κ1) is 33.2.